The van der Waals surface area contributed by atoms with Gasteiger partial charge >= 0.3 is 0 Å². The van der Waals surface area contributed by atoms with Gasteiger partial charge in [-0.15, -0.1) is 0 Å². The number of hydrogen-bond donors (Lipinski definition) is 1. The van der Waals surface area contributed by atoms with Gasteiger partial charge in [0.2, 0.25) is 0 Å². The van der Waals surface area contributed by atoms with Crippen molar-refractivity contribution in [3.63, 3.8) is 0 Å². The number of anilines is 1. The van der Waals surface area contributed by atoms with Crippen molar-refractivity contribution in [1.82, 2.24) is 0 Å². The summed E-state index contributed by atoms with van der Waals surface area (Å²) in [5.41, 5.74) is 2.20. The monoisotopic (exact) mass is 185 g/mol. The van der Waals surface area contributed by atoms with Crippen molar-refractivity contribution in [2.24, 2.45) is 0 Å². The Hall–Kier alpha value is -0.690. The minimum atomic E-state index is 0.771. The molecule has 0 saturated carbocycles. The third-order valence-corrected chi connectivity index (χ3v) is 1.72. The highest BCUT2D eigenvalue weighted by atomic mass is 35.5. The quantitative estimate of drug-likeness (QED) is 0.704. The Labute approximate surface area is 79.8 Å². The van der Waals surface area contributed by atoms with Crippen molar-refractivity contribution in [2.45, 2.75) is 20.8 Å². The molecule has 0 atom stereocenters. The smallest absolute Gasteiger partial charge is 0.0637 e. The van der Waals surface area contributed by atoms with Gasteiger partial charge < -0.3 is 5.32 Å². The molecule has 1 rings (SSSR count). The van der Waals surface area contributed by atoms with Crippen molar-refractivity contribution >= 4 is 17.3 Å². The topological polar surface area (TPSA) is 12.0 Å². The first-order valence-electron chi connectivity index (χ1n) is 4.18. The van der Waals surface area contributed by atoms with Crippen LogP contribution in [0.5, 0.6) is 0 Å². The van der Waals surface area contributed by atoms with E-state index in [2.05, 4.69) is 5.32 Å². The second-order valence-corrected chi connectivity index (χ2v) is 2.64. The van der Waals surface area contributed by atoms with Gasteiger partial charge in [0.1, 0.15) is 0 Å². The predicted octanol–water partition coefficient (Wildman–Crippen LogP) is 3.72. The first-order chi connectivity index (χ1) is 5.74. The lowest BCUT2D eigenvalue weighted by molar-refractivity contribution is 1.43. The van der Waals surface area contributed by atoms with Gasteiger partial charge in [0.05, 0.1) is 10.7 Å². The fraction of sp³-hybridized carbons (Fsp3) is 0.400. The number of benzene rings is 1. The molecule has 0 aliphatic rings. The second-order valence-electron chi connectivity index (χ2n) is 2.23. The molecule has 12 heavy (non-hydrogen) atoms. The maximum absolute atomic E-state index is 5.83. The Bertz CT molecular complexity index is 233. The van der Waals surface area contributed by atoms with E-state index in [1.807, 2.05) is 46.0 Å². The van der Waals surface area contributed by atoms with Gasteiger partial charge in [0.25, 0.3) is 0 Å². The van der Waals surface area contributed by atoms with Crippen LogP contribution in [0.1, 0.15) is 19.4 Å². The average molecular weight is 186 g/mol. The Balaban J connectivity index is 0.000000561. The van der Waals surface area contributed by atoms with Crippen molar-refractivity contribution in [3.8, 4) is 0 Å². The lowest BCUT2D eigenvalue weighted by Gasteiger charge is -2.02. The number of halogens is 1. The largest absolute Gasteiger partial charge is 0.387 e. The van der Waals surface area contributed by atoms with E-state index in [-0.39, 0.29) is 0 Å². The summed E-state index contributed by atoms with van der Waals surface area (Å²) in [6.45, 7) is 6.04. The summed E-state index contributed by atoms with van der Waals surface area (Å²) in [7, 11) is 1.86. The van der Waals surface area contributed by atoms with E-state index in [0.717, 1.165) is 10.7 Å². The van der Waals surface area contributed by atoms with Crippen LogP contribution >= 0.6 is 11.6 Å². The highest BCUT2D eigenvalue weighted by Gasteiger charge is 1.95. The van der Waals surface area contributed by atoms with Crippen LogP contribution in [0.2, 0.25) is 5.02 Å². The van der Waals surface area contributed by atoms with Crippen LogP contribution in [0.25, 0.3) is 0 Å². The normalized spacial score (nSPS) is 8.42. The maximum atomic E-state index is 5.83. The molecule has 0 spiro atoms. The molecular weight excluding hydrogens is 170 g/mol. The van der Waals surface area contributed by atoms with E-state index in [9.17, 15) is 0 Å². The molecule has 0 aromatic heterocycles. The van der Waals surface area contributed by atoms with Gasteiger partial charge in [-0.1, -0.05) is 31.5 Å². The van der Waals surface area contributed by atoms with E-state index < -0.39 is 0 Å². The number of rotatable bonds is 1. The highest BCUT2D eigenvalue weighted by Crippen LogP contribution is 2.21. The molecule has 0 amide bonds. The maximum Gasteiger partial charge on any atom is 0.0637 e. The summed E-state index contributed by atoms with van der Waals surface area (Å²) in [6.07, 6.45) is 0. The zero-order valence-electron chi connectivity index (χ0n) is 8.11. The first kappa shape index (κ1) is 11.3. The van der Waals surface area contributed by atoms with Crippen LogP contribution in [0.15, 0.2) is 18.2 Å². The Kier molecular flexibility index (Phi) is 5.56. The lowest BCUT2D eigenvalue weighted by Crippen LogP contribution is -1.88. The lowest BCUT2D eigenvalue weighted by atomic mass is 10.2. The van der Waals surface area contributed by atoms with Gasteiger partial charge in [0, 0.05) is 7.05 Å². The number of aryl methyl sites for hydroxylation is 1. The van der Waals surface area contributed by atoms with Gasteiger partial charge in [0.15, 0.2) is 0 Å². The van der Waals surface area contributed by atoms with Crippen molar-refractivity contribution in [3.05, 3.63) is 28.8 Å². The molecule has 1 aromatic rings. The van der Waals surface area contributed by atoms with Crippen LogP contribution in [0.4, 0.5) is 5.69 Å². The van der Waals surface area contributed by atoms with E-state index in [1.54, 1.807) is 0 Å². The minimum absolute atomic E-state index is 0.771. The standard InChI is InChI=1S/C8H10ClN.C2H6/c1-6-3-4-7(9)8(5-6)10-2;1-2/h3-5,10H,1-2H3;1-2H3. The number of hydrogen-bond acceptors (Lipinski definition) is 1. The van der Waals surface area contributed by atoms with E-state index in [4.69, 9.17) is 11.6 Å². The predicted molar refractivity (Wildman–Crippen MR) is 57.1 cm³/mol. The van der Waals surface area contributed by atoms with Gasteiger partial charge in [-0.25, -0.2) is 0 Å². The van der Waals surface area contributed by atoms with Gasteiger partial charge in [-0.05, 0) is 24.6 Å². The third kappa shape index (κ3) is 3.14. The number of nitrogens with one attached hydrogen (secondary N) is 1. The van der Waals surface area contributed by atoms with Gasteiger partial charge in [-0.2, -0.15) is 0 Å². The molecule has 1 N–H and O–H groups in total. The Morgan fingerprint density at radius 2 is 1.83 bits per heavy atom. The van der Waals surface area contributed by atoms with Crippen LogP contribution < -0.4 is 5.32 Å². The summed E-state index contributed by atoms with van der Waals surface area (Å²) in [6, 6.07) is 5.90. The summed E-state index contributed by atoms with van der Waals surface area (Å²) in [4.78, 5) is 0. The second kappa shape index (κ2) is 5.90. The van der Waals surface area contributed by atoms with Crippen molar-refractivity contribution < 1.29 is 0 Å². The molecule has 0 heterocycles. The third-order valence-electron chi connectivity index (χ3n) is 1.39. The van der Waals surface area contributed by atoms with Gasteiger partial charge in [-0.3, -0.25) is 0 Å². The van der Waals surface area contributed by atoms with E-state index >= 15 is 0 Å². The fourth-order valence-electron chi connectivity index (χ4n) is 0.831. The summed E-state index contributed by atoms with van der Waals surface area (Å²) >= 11 is 5.83. The molecule has 0 radical (unpaired) electrons. The van der Waals surface area contributed by atoms with Crippen LogP contribution in [0.3, 0.4) is 0 Å². The zero-order valence-corrected chi connectivity index (χ0v) is 8.87. The first-order valence-corrected chi connectivity index (χ1v) is 4.55. The molecule has 1 aromatic carbocycles. The Morgan fingerprint density at radius 1 is 1.25 bits per heavy atom. The summed E-state index contributed by atoms with van der Waals surface area (Å²) in [5.74, 6) is 0. The molecule has 1 nitrogen and oxygen atoms in total. The van der Waals surface area contributed by atoms with Crippen LogP contribution in [-0.4, -0.2) is 7.05 Å². The molecule has 0 unspecified atom stereocenters. The zero-order chi connectivity index (χ0) is 9.56. The average Bonchev–Trinajstić information content (AvgIpc) is 2.13. The summed E-state index contributed by atoms with van der Waals surface area (Å²) in [5, 5.41) is 3.78. The van der Waals surface area contributed by atoms with E-state index in [1.165, 1.54) is 5.56 Å². The molecule has 68 valence electrons. The molecule has 2 heteroatoms. The molecule has 0 saturated heterocycles. The van der Waals surface area contributed by atoms with Crippen LogP contribution in [-0.2, 0) is 0 Å². The van der Waals surface area contributed by atoms with Crippen molar-refractivity contribution in [1.29, 1.82) is 0 Å². The molecule has 0 fully saturated rings. The molecule has 0 aliphatic heterocycles. The SMILES string of the molecule is CC.CNc1cc(C)ccc1Cl. The molecule has 0 bridgehead atoms. The Morgan fingerprint density at radius 3 is 2.25 bits per heavy atom. The minimum Gasteiger partial charge on any atom is -0.387 e. The molecular formula is C10H16ClN. The molecule has 0 aliphatic carbocycles. The summed E-state index contributed by atoms with van der Waals surface area (Å²) < 4.78 is 0. The highest BCUT2D eigenvalue weighted by molar-refractivity contribution is 6.33. The fourth-order valence-corrected chi connectivity index (χ4v) is 1.04. The van der Waals surface area contributed by atoms with Crippen LogP contribution in [0, 0.1) is 6.92 Å². The van der Waals surface area contributed by atoms with E-state index in [0.29, 0.717) is 0 Å². The van der Waals surface area contributed by atoms with Crippen molar-refractivity contribution in [2.75, 3.05) is 12.4 Å².